The van der Waals surface area contributed by atoms with E-state index in [0.717, 1.165) is 33.8 Å². The normalized spacial score (nSPS) is 11.1. The largest absolute Gasteiger partial charge is 0.512 e. The fraction of sp³-hybridized carbons (Fsp3) is 0.182. The van der Waals surface area contributed by atoms with Crippen LogP contribution in [0.25, 0.3) is 43.6 Å². The summed E-state index contributed by atoms with van der Waals surface area (Å²) in [4.78, 5) is 14.7. The van der Waals surface area contributed by atoms with Crippen LogP contribution in [0.4, 0.5) is 0 Å². The van der Waals surface area contributed by atoms with Crippen molar-refractivity contribution in [3.05, 3.63) is 102 Å². The number of carbonyl (C=O) groups excluding carboxylic acids is 1. The molecule has 5 heteroatoms. The number of rotatable bonds is 4. The van der Waals surface area contributed by atoms with E-state index in [4.69, 9.17) is 5.11 Å². The Morgan fingerprint density at radius 2 is 1.74 bits per heavy atom. The molecule has 0 aliphatic heterocycles. The first kappa shape index (κ1) is 28.7. The summed E-state index contributed by atoms with van der Waals surface area (Å²) < 4.78 is 0. The number of allylic oxidation sites excluding steroid dienone is 2. The molecule has 4 aromatic carbocycles. The zero-order valence-electron chi connectivity index (χ0n) is 21.9. The minimum Gasteiger partial charge on any atom is -0.512 e. The molecular weight excluding hydrogens is 649 g/mol. The smallest absolute Gasteiger partial charge is 0.155 e. The Kier molecular flexibility index (Phi) is 9.53. The van der Waals surface area contributed by atoms with Crippen LogP contribution in [-0.2, 0) is 31.3 Å². The molecule has 38 heavy (non-hydrogen) atoms. The molecule has 0 saturated heterocycles. The third-order valence-corrected chi connectivity index (χ3v) is 6.03. The van der Waals surface area contributed by atoms with Gasteiger partial charge in [0.25, 0.3) is 0 Å². The van der Waals surface area contributed by atoms with E-state index in [2.05, 4.69) is 67.4 Å². The monoisotopic (exact) mass is 678 g/mol. The molecular formula is C33H29IrN2O2-. The van der Waals surface area contributed by atoms with Gasteiger partial charge in [-0.2, -0.15) is 5.26 Å². The van der Waals surface area contributed by atoms with Gasteiger partial charge in [-0.3, -0.25) is 9.78 Å². The second-order valence-electron chi connectivity index (χ2n) is 9.62. The van der Waals surface area contributed by atoms with Gasteiger partial charge < -0.3 is 5.11 Å². The van der Waals surface area contributed by atoms with Crippen molar-refractivity contribution in [2.75, 3.05) is 0 Å². The number of aliphatic hydroxyl groups is 1. The molecule has 0 aliphatic carbocycles. The molecule has 0 fully saturated rings. The van der Waals surface area contributed by atoms with E-state index in [9.17, 15) is 10.1 Å². The number of carbonyl (C=O) groups is 1. The van der Waals surface area contributed by atoms with Gasteiger partial charge in [0.05, 0.1) is 11.8 Å². The van der Waals surface area contributed by atoms with Gasteiger partial charge in [0.1, 0.15) is 0 Å². The van der Waals surface area contributed by atoms with Gasteiger partial charge in [0, 0.05) is 38.1 Å². The van der Waals surface area contributed by atoms with Crippen molar-refractivity contribution in [1.29, 1.82) is 5.26 Å². The number of nitriles is 1. The van der Waals surface area contributed by atoms with E-state index >= 15 is 0 Å². The van der Waals surface area contributed by atoms with Crippen LogP contribution in [0.3, 0.4) is 0 Å². The number of hydrogen-bond donors (Lipinski definition) is 1. The number of benzene rings is 4. The fourth-order valence-corrected chi connectivity index (χ4v) is 4.60. The summed E-state index contributed by atoms with van der Waals surface area (Å²) in [6.07, 6.45) is 4.10. The van der Waals surface area contributed by atoms with E-state index in [1.807, 2.05) is 36.5 Å². The Morgan fingerprint density at radius 1 is 1.00 bits per heavy atom. The number of nitrogens with zero attached hydrogens (tertiary/aromatic N) is 2. The number of ketones is 1. The van der Waals surface area contributed by atoms with E-state index in [0.29, 0.717) is 11.5 Å². The van der Waals surface area contributed by atoms with Crippen LogP contribution in [-0.4, -0.2) is 15.9 Å². The van der Waals surface area contributed by atoms with Crippen LogP contribution in [0.5, 0.6) is 0 Å². The summed E-state index contributed by atoms with van der Waals surface area (Å²) in [6.45, 7) is 7.34. The van der Waals surface area contributed by atoms with Gasteiger partial charge in [-0.05, 0) is 64.9 Å². The zero-order valence-corrected chi connectivity index (χ0v) is 24.3. The van der Waals surface area contributed by atoms with Crippen LogP contribution in [0.15, 0.2) is 84.8 Å². The second kappa shape index (κ2) is 12.6. The second-order valence-corrected chi connectivity index (χ2v) is 9.62. The summed E-state index contributed by atoms with van der Waals surface area (Å²) in [6, 6.07) is 28.8. The van der Waals surface area contributed by atoms with Crippen molar-refractivity contribution < 1.29 is 30.0 Å². The van der Waals surface area contributed by atoms with Gasteiger partial charge in [-0.1, -0.05) is 73.3 Å². The van der Waals surface area contributed by atoms with Crippen LogP contribution >= 0.6 is 0 Å². The first-order valence-electron chi connectivity index (χ1n) is 12.3. The Hall–Kier alpha value is -3.84. The summed E-state index contributed by atoms with van der Waals surface area (Å²) in [5.41, 5.74) is 3.74. The predicted molar refractivity (Wildman–Crippen MR) is 151 cm³/mol. The van der Waals surface area contributed by atoms with Gasteiger partial charge in [0.15, 0.2) is 5.78 Å². The van der Waals surface area contributed by atoms with E-state index in [-0.39, 0.29) is 31.6 Å². The molecule has 4 nitrogen and oxygen atoms in total. The molecule has 0 saturated carbocycles. The van der Waals surface area contributed by atoms with Gasteiger partial charge in [-0.25, -0.2) is 0 Å². The third kappa shape index (κ3) is 6.53. The predicted octanol–water partition coefficient (Wildman–Crippen LogP) is 8.11. The topological polar surface area (TPSA) is 74.0 Å². The Balaban J connectivity index is 0.000000444. The first-order chi connectivity index (χ1) is 17.8. The molecule has 1 radical (unpaired) electrons. The molecule has 1 aromatic heterocycles. The summed E-state index contributed by atoms with van der Waals surface area (Å²) in [5.74, 6) is 0.573. The van der Waals surface area contributed by atoms with Crippen LogP contribution in [0.1, 0.15) is 38.8 Å². The molecule has 1 heterocycles. The maximum Gasteiger partial charge on any atom is 0.155 e. The van der Waals surface area contributed by atoms with Crippen molar-refractivity contribution in [3.8, 4) is 17.3 Å². The number of pyridine rings is 1. The summed E-state index contributed by atoms with van der Waals surface area (Å²) in [7, 11) is 0. The maximum atomic E-state index is 10.0. The van der Waals surface area contributed by atoms with Crippen LogP contribution < -0.4 is 0 Å². The molecule has 5 aromatic rings. The SMILES string of the molecule is CC(=O)/C=C(/C)O.CC(C)Cc1ccc2c(ccc3c(-c4[c-]c5ccccc5c(C#N)c4)nccc32)c1.[Ir]. The van der Waals surface area contributed by atoms with E-state index in [1.165, 1.54) is 41.6 Å². The van der Waals surface area contributed by atoms with Crippen molar-refractivity contribution in [1.82, 2.24) is 4.98 Å². The van der Waals surface area contributed by atoms with Crippen LogP contribution in [0, 0.1) is 23.3 Å². The molecule has 0 atom stereocenters. The van der Waals surface area contributed by atoms with Gasteiger partial charge >= 0.3 is 0 Å². The summed E-state index contributed by atoms with van der Waals surface area (Å²) >= 11 is 0. The zero-order chi connectivity index (χ0) is 26.5. The average molecular weight is 678 g/mol. The number of aromatic nitrogens is 1. The molecule has 193 valence electrons. The van der Waals surface area contributed by atoms with Crippen molar-refractivity contribution in [3.63, 3.8) is 0 Å². The Bertz CT molecular complexity index is 1690. The Labute approximate surface area is 237 Å². The van der Waals surface area contributed by atoms with Crippen molar-refractivity contribution in [2.24, 2.45) is 5.92 Å². The third-order valence-electron chi connectivity index (χ3n) is 6.03. The van der Waals surface area contributed by atoms with E-state index < -0.39 is 0 Å². The average Bonchev–Trinajstić information content (AvgIpc) is 2.86. The number of aliphatic hydroxyl groups excluding tert-OH is 1. The molecule has 5 rings (SSSR count). The van der Waals surface area contributed by atoms with E-state index in [1.54, 1.807) is 0 Å². The van der Waals surface area contributed by atoms with Crippen molar-refractivity contribution >= 4 is 38.1 Å². The molecule has 0 bridgehead atoms. The molecule has 0 amide bonds. The van der Waals surface area contributed by atoms with Crippen LogP contribution in [0.2, 0.25) is 0 Å². The quantitative estimate of drug-likeness (QED) is 0.0903. The minimum atomic E-state index is -0.125. The summed E-state index contributed by atoms with van der Waals surface area (Å²) in [5, 5.41) is 24.6. The molecule has 0 spiro atoms. The molecule has 1 N–H and O–H groups in total. The van der Waals surface area contributed by atoms with Gasteiger partial charge in [-0.15, -0.1) is 23.6 Å². The van der Waals surface area contributed by atoms with Crippen molar-refractivity contribution in [2.45, 2.75) is 34.1 Å². The molecule has 0 unspecified atom stereocenters. The Morgan fingerprint density at radius 3 is 2.39 bits per heavy atom. The fourth-order valence-electron chi connectivity index (χ4n) is 4.60. The first-order valence-corrected chi connectivity index (χ1v) is 12.3. The molecule has 0 aliphatic rings. The maximum absolute atomic E-state index is 10.0. The number of fused-ring (bicyclic) bond motifs is 4. The minimum absolute atomic E-state index is 0. The standard InChI is InChI=1S/C28H21N2.C5H8O2.Ir/c1-18(2)13-19-7-9-25-21(14-19)8-10-27-26(25)11-12-30-28(27)22-15-20-5-3-4-6-24(20)23(16-22)17-29;1-4(6)3-5(2)7;/h3-12,14,16,18H,13H2,1-2H3;3,6H,1-2H3;/q-1;;/b;4-3-;. The van der Waals surface area contributed by atoms with Gasteiger partial charge in [0.2, 0.25) is 0 Å². The number of hydrogen-bond acceptors (Lipinski definition) is 4.